The first-order valence-corrected chi connectivity index (χ1v) is 9.03. The van der Waals surface area contributed by atoms with Gasteiger partial charge in [-0.05, 0) is 36.8 Å². The molecule has 0 N–H and O–H groups in total. The van der Waals surface area contributed by atoms with Crippen molar-refractivity contribution in [3.63, 3.8) is 0 Å². The second-order valence-corrected chi connectivity index (χ2v) is 6.92. The monoisotopic (exact) mass is 361 g/mol. The predicted molar refractivity (Wildman–Crippen MR) is 103 cm³/mol. The molecule has 136 valence electrons. The summed E-state index contributed by atoms with van der Waals surface area (Å²) in [5, 5.41) is 18.8. The van der Waals surface area contributed by atoms with Crippen LogP contribution in [-0.2, 0) is 6.54 Å². The van der Waals surface area contributed by atoms with Gasteiger partial charge in [0.25, 0.3) is 0 Å². The molecule has 1 fully saturated rings. The molecule has 0 amide bonds. The first-order chi connectivity index (χ1) is 13.1. The van der Waals surface area contributed by atoms with Crippen molar-refractivity contribution in [1.29, 1.82) is 5.26 Å². The van der Waals surface area contributed by atoms with Crippen LogP contribution in [0.15, 0.2) is 42.5 Å². The number of anilines is 1. The van der Waals surface area contributed by atoms with Crippen molar-refractivity contribution in [3.8, 4) is 6.07 Å². The quantitative estimate of drug-likeness (QED) is 0.717. The fourth-order valence-corrected chi connectivity index (χ4v) is 3.58. The molecule has 0 radical (unpaired) electrons. The third kappa shape index (κ3) is 3.60. The van der Waals surface area contributed by atoms with E-state index in [1.54, 1.807) is 0 Å². The van der Waals surface area contributed by atoms with Gasteiger partial charge in [-0.3, -0.25) is 4.90 Å². The molecule has 0 spiro atoms. The van der Waals surface area contributed by atoms with E-state index in [2.05, 4.69) is 32.1 Å². The van der Waals surface area contributed by atoms with Crippen molar-refractivity contribution >= 4 is 16.6 Å². The summed E-state index contributed by atoms with van der Waals surface area (Å²) in [6.45, 7) is 6.20. The van der Waals surface area contributed by atoms with E-state index in [0.717, 1.165) is 60.4 Å². The Morgan fingerprint density at radius 1 is 1.04 bits per heavy atom. The summed E-state index contributed by atoms with van der Waals surface area (Å²) < 4.78 is 13.1. The van der Waals surface area contributed by atoms with Gasteiger partial charge in [0.2, 0.25) is 0 Å². The smallest absolute Gasteiger partial charge is 0.187 e. The third-order valence-corrected chi connectivity index (χ3v) is 5.00. The first kappa shape index (κ1) is 17.4. The number of nitriles is 1. The number of hydrogen-bond acceptors (Lipinski definition) is 5. The molecule has 1 aliphatic rings. The Kier molecular flexibility index (Phi) is 4.69. The molecule has 1 aliphatic heterocycles. The molecule has 0 aliphatic carbocycles. The van der Waals surface area contributed by atoms with E-state index in [1.807, 2.05) is 31.2 Å². The maximum absolute atomic E-state index is 13.1. The lowest BCUT2D eigenvalue weighted by Gasteiger charge is -2.36. The van der Waals surface area contributed by atoms with E-state index < -0.39 is 0 Å². The number of hydrogen-bond donors (Lipinski definition) is 0. The number of aromatic nitrogens is 2. The Balaban J connectivity index is 1.55. The van der Waals surface area contributed by atoms with Crippen molar-refractivity contribution in [1.82, 2.24) is 15.1 Å². The maximum Gasteiger partial charge on any atom is 0.187 e. The number of aryl methyl sites for hydroxylation is 1. The highest BCUT2D eigenvalue weighted by Crippen LogP contribution is 2.29. The second kappa shape index (κ2) is 7.29. The second-order valence-electron chi connectivity index (χ2n) is 6.92. The van der Waals surface area contributed by atoms with Gasteiger partial charge in [-0.25, -0.2) is 4.39 Å². The number of halogens is 1. The number of benzene rings is 2. The average molecular weight is 361 g/mol. The molecule has 0 bridgehead atoms. The van der Waals surface area contributed by atoms with Gasteiger partial charge in [-0.2, -0.15) is 5.26 Å². The summed E-state index contributed by atoms with van der Waals surface area (Å²) in [5.74, 6) is -0.208. The van der Waals surface area contributed by atoms with Crippen molar-refractivity contribution in [2.75, 3.05) is 31.1 Å². The topological polar surface area (TPSA) is 56.1 Å². The number of fused-ring (bicyclic) bond motifs is 1. The van der Waals surface area contributed by atoms with Crippen LogP contribution in [0.2, 0.25) is 0 Å². The van der Waals surface area contributed by atoms with Crippen LogP contribution in [-0.4, -0.2) is 41.3 Å². The van der Waals surface area contributed by atoms with Crippen LogP contribution in [0.5, 0.6) is 0 Å². The summed E-state index contributed by atoms with van der Waals surface area (Å²) in [6, 6.07) is 14.9. The van der Waals surface area contributed by atoms with Gasteiger partial charge in [-0.15, -0.1) is 10.2 Å². The molecule has 6 heteroatoms. The fraction of sp³-hybridized carbons (Fsp3) is 0.286. The van der Waals surface area contributed by atoms with Gasteiger partial charge in [0.1, 0.15) is 11.9 Å². The summed E-state index contributed by atoms with van der Waals surface area (Å²) in [7, 11) is 0. The normalized spacial score (nSPS) is 15.1. The molecule has 2 aromatic carbocycles. The number of rotatable bonds is 3. The van der Waals surface area contributed by atoms with E-state index in [1.165, 1.54) is 12.1 Å². The Morgan fingerprint density at radius 3 is 2.48 bits per heavy atom. The standard InChI is InChI=1S/C21H20FN5/c1-15-2-7-19-18(12-15)21(20(13-23)25-24-19)27-10-8-26(9-11-27)14-16-3-5-17(22)6-4-16/h2-7,12H,8-11,14H2,1H3. The summed E-state index contributed by atoms with van der Waals surface area (Å²) in [4.78, 5) is 4.58. The highest BCUT2D eigenvalue weighted by atomic mass is 19.1. The van der Waals surface area contributed by atoms with Gasteiger partial charge in [0.05, 0.1) is 11.2 Å². The molecular weight excluding hydrogens is 341 g/mol. The van der Waals surface area contributed by atoms with Crippen molar-refractivity contribution in [3.05, 3.63) is 65.1 Å². The Bertz CT molecular complexity index is 1000. The molecular formula is C21H20FN5. The number of nitrogens with zero attached hydrogens (tertiary/aromatic N) is 5. The van der Waals surface area contributed by atoms with Crippen molar-refractivity contribution < 1.29 is 4.39 Å². The van der Waals surface area contributed by atoms with Crippen LogP contribution >= 0.6 is 0 Å². The highest BCUT2D eigenvalue weighted by Gasteiger charge is 2.22. The Morgan fingerprint density at radius 2 is 1.78 bits per heavy atom. The summed E-state index contributed by atoms with van der Waals surface area (Å²) in [5.41, 5.74) is 4.31. The van der Waals surface area contributed by atoms with Gasteiger partial charge in [0, 0.05) is 38.1 Å². The minimum Gasteiger partial charge on any atom is -0.366 e. The van der Waals surface area contributed by atoms with Crippen LogP contribution in [0.1, 0.15) is 16.8 Å². The van der Waals surface area contributed by atoms with Crippen LogP contribution in [0, 0.1) is 24.1 Å². The predicted octanol–water partition coefficient (Wildman–Crippen LogP) is 3.27. The lowest BCUT2D eigenvalue weighted by Crippen LogP contribution is -2.46. The van der Waals surface area contributed by atoms with E-state index in [9.17, 15) is 9.65 Å². The zero-order valence-electron chi connectivity index (χ0n) is 15.2. The van der Waals surface area contributed by atoms with Gasteiger partial charge >= 0.3 is 0 Å². The largest absolute Gasteiger partial charge is 0.366 e. The Hall–Kier alpha value is -3.04. The number of piperazine rings is 1. The van der Waals surface area contributed by atoms with Crippen LogP contribution in [0.4, 0.5) is 10.1 Å². The maximum atomic E-state index is 13.1. The zero-order valence-corrected chi connectivity index (χ0v) is 15.2. The SMILES string of the molecule is Cc1ccc2nnc(C#N)c(N3CCN(Cc4ccc(F)cc4)CC3)c2c1. The van der Waals surface area contributed by atoms with Gasteiger partial charge in [0.15, 0.2) is 5.69 Å². The lowest BCUT2D eigenvalue weighted by atomic mass is 10.1. The molecule has 3 aromatic rings. The van der Waals surface area contributed by atoms with Crippen LogP contribution < -0.4 is 4.90 Å². The minimum absolute atomic E-state index is 0.208. The first-order valence-electron chi connectivity index (χ1n) is 9.03. The highest BCUT2D eigenvalue weighted by molar-refractivity contribution is 5.94. The minimum atomic E-state index is -0.208. The molecule has 2 heterocycles. The molecule has 27 heavy (non-hydrogen) atoms. The van der Waals surface area contributed by atoms with Gasteiger partial charge < -0.3 is 4.90 Å². The van der Waals surface area contributed by atoms with Gasteiger partial charge in [-0.1, -0.05) is 23.8 Å². The van der Waals surface area contributed by atoms with Crippen molar-refractivity contribution in [2.45, 2.75) is 13.5 Å². The van der Waals surface area contributed by atoms with E-state index in [4.69, 9.17) is 0 Å². The zero-order chi connectivity index (χ0) is 18.8. The van der Waals surface area contributed by atoms with Crippen LogP contribution in [0.25, 0.3) is 10.9 Å². The molecule has 5 nitrogen and oxygen atoms in total. The van der Waals surface area contributed by atoms with E-state index >= 15 is 0 Å². The Labute approximate surface area is 157 Å². The average Bonchev–Trinajstić information content (AvgIpc) is 2.69. The fourth-order valence-electron chi connectivity index (χ4n) is 3.58. The molecule has 0 saturated carbocycles. The molecule has 1 saturated heterocycles. The van der Waals surface area contributed by atoms with E-state index in [0.29, 0.717) is 5.69 Å². The summed E-state index contributed by atoms with van der Waals surface area (Å²) in [6.07, 6.45) is 0. The molecule has 0 atom stereocenters. The molecule has 1 aromatic heterocycles. The van der Waals surface area contributed by atoms with Crippen LogP contribution in [0.3, 0.4) is 0 Å². The van der Waals surface area contributed by atoms with Crippen molar-refractivity contribution in [2.24, 2.45) is 0 Å². The molecule has 4 rings (SSSR count). The summed E-state index contributed by atoms with van der Waals surface area (Å²) >= 11 is 0. The lowest BCUT2D eigenvalue weighted by molar-refractivity contribution is 0.250. The third-order valence-electron chi connectivity index (χ3n) is 5.00. The van der Waals surface area contributed by atoms with E-state index in [-0.39, 0.29) is 5.82 Å². The molecule has 0 unspecified atom stereocenters.